The summed E-state index contributed by atoms with van der Waals surface area (Å²) in [7, 11) is -2.03. The molecule has 8 nitrogen and oxygen atoms in total. The first-order valence-electron chi connectivity index (χ1n) is 8.44. The number of para-hydroxylation sites is 2. The monoisotopic (exact) mass is 400 g/mol. The van der Waals surface area contributed by atoms with Crippen LogP contribution in [0.4, 0.5) is 11.4 Å². The number of hydrogen-bond acceptors (Lipinski definition) is 5. The fraction of sp³-hybridized carbons (Fsp3) is 0.211. The van der Waals surface area contributed by atoms with Crippen LogP contribution in [0.5, 0.6) is 5.88 Å². The Morgan fingerprint density at radius 2 is 1.79 bits per heavy atom. The summed E-state index contributed by atoms with van der Waals surface area (Å²) in [6.07, 6.45) is 1.03. The summed E-state index contributed by atoms with van der Waals surface area (Å²) in [4.78, 5) is 12.4. The van der Waals surface area contributed by atoms with Gasteiger partial charge in [0.25, 0.3) is 5.91 Å². The minimum absolute atomic E-state index is 0.128. The highest BCUT2D eigenvalue weighted by atomic mass is 32.2. The maximum absolute atomic E-state index is 12.4. The molecule has 0 saturated heterocycles. The second kappa shape index (κ2) is 7.43. The Morgan fingerprint density at radius 1 is 1.14 bits per heavy atom. The van der Waals surface area contributed by atoms with E-state index in [9.17, 15) is 18.3 Å². The second-order valence-electron chi connectivity index (χ2n) is 6.40. The van der Waals surface area contributed by atoms with E-state index in [0.29, 0.717) is 16.6 Å². The van der Waals surface area contributed by atoms with Crippen molar-refractivity contribution in [2.75, 3.05) is 17.1 Å². The number of fused-ring (bicyclic) bond motifs is 1. The van der Waals surface area contributed by atoms with E-state index in [0.717, 1.165) is 16.1 Å². The van der Waals surface area contributed by atoms with Crippen molar-refractivity contribution in [3.63, 3.8) is 0 Å². The van der Waals surface area contributed by atoms with Crippen molar-refractivity contribution in [2.45, 2.75) is 6.92 Å². The summed E-state index contributed by atoms with van der Waals surface area (Å²) in [5.41, 5.74) is 2.01. The van der Waals surface area contributed by atoms with Gasteiger partial charge >= 0.3 is 0 Å². The number of aromatic hydroxyl groups is 1. The molecule has 1 N–H and O–H groups in total. The van der Waals surface area contributed by atoms with Crippen LogP contribution in [0.3, 0.4) is 0 Å². The van der Waals surface area contributed by atoms with Crippen LogP contribution in [0.15, 0.2) is 58.8 Å². The Labute approximate surface area is 162 Å². The normalized spacial score (nSPS) is 12.0. The van der Waals surface area contributed by atoms with E-state index in [-0.39, 0.29) is 11.6 Å². The minimum Gasteiger partial charge on any atom is -0.493 e. The Bertz CT molecular complexity index is 1180. The number of carbonyl (C=O) groups excluding carboxylic acids is 1. The SMILES string of the molecule is Cc1ccccc1N(CC(=O)N=Nc1c(O)n(C)c2ccccc12)S(C)(=O)=O. The first-order valence-corrected chi connectivity index (χ1v) is 10.3. The van der Waals surface area contributed by atoms with Crippen molar-refractivity contribution in [3.05, 3.63) is 54.1 Å². The van der Waals surface area contributed by atoms with Gasteiger partial charge in [-0.15, -0.1) is 10.2 Å². The summed E-state index contributed by atoms with van der Waals surface area (Å²) in [5, 5.41) is 18.4. The lowest BCUT2D eigenvalue weighted by Gasteiger charge is -2.22. The van der Waals surface area contributed by atoms with E-state index in [4.69, 9.17) is 0 Å². The van der Waals surface area contributed by atoms with Crippen LogP contribution in [0, 0.1) is 6.92 Å². The fourth-order valence-corrected chi connectivity index (χ4v) is 3.85. The van der Waals surface area contributed by atoms with E-state index < -0.39 is 22.5 Å². The molecule has 2 aromatic carbocycles. The molecular weight excluding hydrogens is 380 g/mol. The highest BCUT2D eigenvalue weighted by molar-refractivity contribution is 7.92. The largest absolute Gasteiger partial charge is 0.493 e. The number of amides is 1. The molecule has 28 heavy (non-hydrogen) atoms. The Hall–Kier alpha value is -3.20. The number of carbonyl (C=O) groups is 1. The third-order valence-corrected chi connectivity index (χ3v) is 5.50. The van der Waals surface area contributed by atoms with Crippen molar-refractivity contribution in [3.8, 4) is 5.88 Å². The average molecular weight is 400 g/mol. The van der Waals surface area contributed by atoms with Gasteiger partial charge < -0.3 is 9.67 Å². The minimum atomic E-state index is -3.70. The maximum atomic E-state index is 12.4. The average Bonchev–Trinajstić information content (AvgIpc) is 2.89. The molecular formula is C19H20N4O4S. The molecule has 0 bridgehead atoms. The van der Waals surface area contributed by atoms with Gasteiger partial charge in [-0.2, -0.15) is 0 Å². The van der Waals surface area contributed by atoms with Gasteiger partial charge in [-0.1, -0.05) is 36.4 Å². The highest BCUT2D eigenvalue weighted by Crippen LogP contribution is 2.37. The van der Waals surface area contributed by atoms with Crippen molar-refractivity contribution in [1.82, 2.24) is 4.57 Å². The maximum Gasteiger partial charge on any atom is 0.285 e. The van der Waals surface area contributed by atoms with Gasteiger partial charge in [0, 0.05) is 12.4 Å². The van der Waals surface area contributed by atoms with E-state index in [1.807, 2.05) is 6.07 Å². The van der Waals surface area contributed by atoms with E-state index >= 15 is 0 Å². The summed E-state index contributed by atoms with van der Waals surface area (Å²) in [6.45, 7) is 1.27. The van der Waals surface area contributed by atoms with Crippen LogP contribution in [-0.2, 0) is 21.9 Å². The first-order chi connectivity index (χ1) is 13.2. The van der Waals surface area contributed by atoms with Crippen LogP contribution in [0.1, 0.15) is 5.56 Å². The van der Waals surface area contributed by atoms with Crippen molar-refractivity contribution in [2.24, 2.45) is 17.3 Å². The third-order valence-electron chi connectivity index (χ3n) is 4.37. The van der Waals surface area contributed by atoms with Crippen molar-refractivity contribution < 1.29 is 18.3 Å². The second-order valence-corrected chi connectivity index (χ2v) is 8.31. The predicted octanol–water partition coefficient (Wildman–Crippen LogP) is 3.27. The number of aromatic nitrogens is 1. The van der Waals surface area contributed by atoms with Gasteiger partial charge in [0.2, 0.25) is 15.9 Å². The van der Waals surface area contributed by atoms with Gasteiger partial charge in [0.1, 0.15) is 6.54 Å². The van der Waals surface area contributed by atoms with E-state index in [1.165, 1.54) is 4.57 Å². The molecule has 146 valence electrons. The quantitative estimate of drug-likeness (QED) is 0.664. The molecule has 1 amide bonds. The fourth-order valence-electron chi connectivity index (χ4n) is 2.94. The molecule has 0 aliphatic rings. The predicted molar refractivity (Wildman–Crippen MR) is 107 cm³/mol. The van der Waals surface area contributed by atoms with E-state index in [1.54, 1.807) is 56.4 Å². The molecule has 3 rings (SSSR count). The highest BCUT2D eigenvalue weighted by Gasteiger charge is 2.22. The van der Waals surface area contributed by atoms with Gasteiger partial charge in [-0.05, 0) is 24.6 Å². The molecule has 0 fully saturated rings. The zero-order chi connectivity index (χ0) is 20.5. The van der Waals surface area contributed by atoms with Crippen LogP contribution < -0.4 is 4.31 Å². The molecule has 9 heteroatoms. The van der Waals surface area contributed by atoms with Crippen LogP contribution in [0.2, 0.25) is 0 Å². The Kier molecular flexibility index (Phi) is 5.19. The lowest BCUT2D eigenvalue weighted by molar-refractivity contribution is -0.116. The van der Waals surface area contributed by atoms with Gasteiger partial charge in [-0.3, -0.25) is 9.10 Å². The lowest BCUT2D eigenvalue weighted by atomic mass is 10.2. The first kappa shape index (κ1) is 19.6. The van der Waals surface area contributed by atoms with Crippen molar-refractivity contribution in [1.29, 1.82) is 0 Å². The molecule has 0 saturated carbocycles. The number of aryl methyl sites for hydroxylation is 2. The van der Waals surface area contributed by atoms with E-state index in [2.05, 4.69) is 10.2 Å². The lowest BCUT2D eigenvalue weighted by Crippen LogP contribution is -2.34. The summed E-state index contributed by atoms with van der Waals surface area (Å²) < 4.78 is 26.9. The summed E-state index contributed by atoms with van der Waals surface area (Å²) in [5.74, 6) is -0.877. The van der Waals surface area contributed by atoms with Gasteiger partial charge in [0.15, 0.2) is 5.69 Å². The Balaban J connectivity index is 1.91. The number of benzene rings is 2. The third kappa shape index (κ3) is 3.74. The standard InChI is InChI=1S/C19H20N4O4S/c1-13-8-4-6-10-15(13)23(28(3,26)27)12-17(24)20-21-18-14-9-5-7-11-16(14)22(2)19(18)25/h4-11,25H,12H2,1-3H3. The smallest absolute Gasteiger partial charge is 0.285 e. The molecule has 0 radical (unpaired) electrons. The molecule has 1 aromatic heterocycles. The zero-order valence-electron chi connectivity index (χ0n) is 15.7. The molecule has 0 spiro atoms. The summed E-state index contributed by atoms with van der Waals surface area (Å²) >= 11 is 0. The molecule has 0 aliphatic carbocycles. The van der Waals surface area contributed by atoms with Crippen molar-refractivity contribution >= 4 is 38.2 Å². The number of nitrogens with zero attached hydrogens (tertiary/aromatic N) is 4. The van der Waals surface area contributed by atoms with Gasteiger partial charge in [0.05, 0.1) is 17.5 Å². The molecule has 0 atom stereocenters. The summed E-state index contributed by atoms with van der Waals surface area (Å²) in [6, 6.07) is 14.0. The number of anilines is 1. The van der Waals surface area contributed by atoms with Gasteiger partial charge in [-0.25, -0.2) is 8.42 Å². The molecule has 1 heterocycles. The van der Waals surface area contributed by atoms with Crippen LogP contribution in [-0.4, -0.2) is 36.8 Å². The molecule has 0 unspecified atom stereocenters. The topological polar surface area (TPSA) is 104 Å². The number of rotatable bonds is 5. The van der Waals surface area contributed by atoms with Crippen LogP contribution in [0.25, 0.3) is 10.9 Å². The number of hydrogen-bond donors (Lipinski definition) is 1. The Morgan fingerprint density at radius 3 is 2.46 bits per heavy atom. The zero-order valence-corrected chi connectivity index (χ0v) is 16.5. The molecule has 3 aromatic rings. The van der Waals surface area contributed by atoms with Crippen LogP contribution >= 0.6 is 0 Å². The number of azo groups is 1. The molecule has 0 aliphatic heterocycles. The number of sulfonamides is 1.